The molecule has 170 valence electrons. The maximum atomic E-state index is 12.3. The molecule has 2 aromatic rings. The van der Waals surface area contributed by atoms with Crippen molar-refractivity contribution in [2.75, 3.05) is 20.6 Å². The number of fused-ring (bicyclic) bond motifs is 2. The van der Waals surface area contributed by atoms with Crippen LogP contribution in [0.3, 0.4) is 0 Å². The smallest absolute Gasteiger partial charge is 0.251 e. The molecule has 7 nitrogen and oxygen atoms in total. The van der Waals surface area contributed by atoms with Crippen LogP contribution in [0.15, 0.2) is 41.4 Å². The fourth-order valence-corrected chi connectivity index (χ4v) is 4.70. The van der Waals surface area contributed by atoms with Crippen LogP contribution in [0.25, 0.3) is 0 Å². The predicted octanol–water partition coefficient (Wildman–Crippen LogP) is 1.90. The number of amides is 2. The predicted molar refractivity (Wildman–Crippen MR) is 128 cm³/mol. The lowest BCUT2D eigenvalue weighted by Gasteiger charge is -2.36. The summed E-state index contributed by atoms with van der Waals surface area (Å²) < 4.78 is 0. The summed E-state index contributed by atoms with van der Waals surface area (Å²) in [5, 5.41) is 5.38. The minimum Gasteiger partial charge on any atom is -0.386 e. The van der Waals surface area contributed by atoms with Crippen molar-refractivity contribution in [1.82, 2.24) is 10.6 Å². The van der Waals surface area contributed by atoms with Gasteiger partial charge >= 0.3 is 0 Å². The SMILES string of the molecule is CNC(=O)c1ccc2c(c1)CCc1cc(C(=O)NC)ccc1C2(CCN)C(N)=NC(C)C. The van der Waals surface area contributed by atoms with Crippen molar-refractivity contribution in [3.05, 3.63) is 69.8 Å². The Morgan fingerprint density at radius 2 is 1.44 bits per heavy atom. The minimum atomic E-state index is -0.734. The van der Waals surface area contributed by atoms with Gasteiger partial charge in [-0.25, -0.2) is 0 Å². The van der Waals surface area contributed by atoms with Gasteiger partial charge in [-0.1, -0.05) is 12.1 Å². The maximum Gasteiger partial charge on any atom is 0.251 e. The van der Waals surface area contributed by atoms with Crippen LogP contribution in [-0.4, -0.2) is 44.3 Å². The van der Waals surface area contributed by atoms with Gasteiger partial charge in [0.1, 0.15) is 5.84 Å². The number of nitrogens with one attached hydrogen (secondary N) is 2. The number of nitrogens with zero attached hydrogens (tertiary/aromatic N) is 1. The lowest BCUT2D eigenvalue weighted by molar-refractivity contribution is 0.0955. The molecule has 7 heteroatoms. The van der Waals surface area contributed by atoms with Gasteiger partial charge in [-0.2, -0.15) is 0 Å². The van der Waals surface area contributed by atoms with Crippen LogP contribution >= 0.6 is 0 Å². The van der Waals surface area contributed by atoms with Gasteiger partial charge in [0.2, 0.25) is 0 Å². The lowest BCUT2D eigenvalue weighted by Crippen LogP contribution is -2.45. The summed E-state index contributed by atoms with van der Waals surface area (Å²) in [4.78, 5) is 29.4. The Bertz CT molecular complexity index is 991. The number of carbonyl (C=O) groups excluding carboxylic acids is 2. The van der Waals surface area contributed by atoms with E-state index < -0.39 is 5.41 Å². The number of amidine groups is 1. The second-order valence-electron chi connectivity index (χ2n) is 8.45. The van der Waals surface area contributed by atoms with E-state index in [2.05, 4.69) is 10.6 Å². The molecular weight excluding hydrogens is 402 g/mol. The number of rotatable bonds is 6. The van der Waals surface area contributed by atoms with Gasteiger partial charge < -0.3 is 22.1 Å². The van der Waals surface area contributed by atoms with E-state index in [1.165, 1.54) is 0 Å². The molecule has 0 heterocycles. The quantitative estimate of drug-likeness (QED) is 0.409. The lowest BCUT2D eigenvalue weighted by atomic mass is 9.68. The highest BCUT2D eigenvalue weighted by atomic mass is 16.2. The molecule has 6 N–H and O–H groups in total. The zero-order valence-corrected chi connectivity index (χ0v) is 19.3. The van der Waals surface area contributed by atoms with Crippen LogP contribution in [0.4, 0.5) is 0 Å². The average molecular weight is 436 g/mol. The summed E-state index contributed by atoms with van der Waals surface area (Å²) in [6.45, 7) is 4.39. The van der Waals surface area contributed by atoms with Gasteiger partial charge in [0, 0.05) is 31.3 Å². The molecule has 0 saturated heterocycles. The fourth-order valence-electron chi connectivity index (χ4n) is 4.70. The number of nitrogens with two attached hydrogens (primary N) is 2. The Balaban J connectivity index is 2.35. The van der Waals surface area contributed by atoms with Crippen LogP contribution in [-0.2, 0) is 18.3 Å². The van der Waals surface area contributed by atoms with E-state index in [9.17, 15) is 9.59 Å². The van der Waals surface area contributed by atoms with Gasteiger partial charge in [-0.05, 0) is 86.2 Å². The first-order valence-electron chi connectivity index (χ1n) is 11.0. The van der Waals surface area contributed by atoms with Crippen LogP contribution in [0, 0.1) is 0 Å². The fraction of sp³-hybridized carbons (Fsp3) is 0.400. The molecule has 2 amide bonds. The molecular formula is C25H33N5O2. The first-order chi connectivity index (χ1) is 15.3. The van der Waals surface area contributed by atoms with Gasteiger partial charge in [-0.3, -0.25) is 14.6 Å². The van der Waals surface area contributed by atoms with Gasteiger partial charge in [-0.15, -0.1) is 0 Å². The normalized spacial score (nSPS) is 14.9. The average Bonchev–Trinajstić information content (AvgIpc) is 2.92. The van der Waals surface area contributed by atoms with E-state index in [0.717, 1.165) is 22.3 Å². The van der Waals surface area contributed by atoms with Crippen LogP contribution in [0.2, 0.25) is 0 Å². The molecule has 32 heavy (non-hydrogen) atoms. The summed E-state index contributed by atoms with van der Waals surface area (Å²) in [6.07, 6.45) is 1.99. The number of benzene rings is 2. The second-order valence-corrected chi connectivity index (χ2v) is 8.45. The number of aryl methyl sites for hydroxylation is 2. The van der Waals surface area contributed by atoms with E-state index in [1.807, 2.05) is 50.2 Å². The van der Waals surface area contributed by atoms with E-state index in [4.69, 9.17) is 16.5 Å². The van der Waals surface area contributed by atoms with Crippen molar-refractivity contribution < 1.29 is 9.59 Å². The number of aliphatic imine (C=N–C) groups is 1. The molecule has 0 bridgehead atoms. The van der Waals surface area contributed by atoms with Crippen molar-refractivity contribution in [2.24, 2.45) is 16.5 Å². The highest BCUT2D eigenvalue weighted by Gasteiger charge is 2.42. The zero-order chi connectivity index (χ0) is 23.5. The van der Waals surface area contributed by atoms with Crippen molar-refractivity contribution >= 4 is 17.6 Å². The third-order valence-corrected chi connectivity index (χ3v) is 6.13. The third-order valence-electron chi connectivity index (χ3n) is 6.13. The molecule has 0 aliphatic heterocycles. The van der Waals surface area contributed by atoms with Crippen molar-refractivity contribution in [2.45, 2.75) is 44.6 Å². The summed E-state index contributed by atoms with van der Waals surface area (Å²) in [6, 6.07) is 11.5. The Kier molecular flexibility index (Phi) is 6.99. The topological polar surface area (TPSA) is 123 Å². The molecule has 2 aromatic carbocycles. The number of hydrogen-bond acceptors (Lipinski definition) is 4. The summed E-state index contributed by atoms with van der Waals surface area (Å²) in [7, 11) is 3.24. The molecule has 0 saturated carbocycles. The van der Waals surface area contributed by atoms with Crippen LogP contribution in [0.1, 0.15) is 63.2 Å². The standard InChI is InChI=1S/C25H33N5O2/c1-15(2)30-24(27)25(11-12-26)20-9-7-18(22(31)28-3)13-16(20)5-6-17-14-19(23(32)29-4)8-10-21(17)25/h7-10,13-15H,5-6,11-12,26H2,1-4H3,(H2,27,30)(H,28,31)(H,29,32). The van der Waals surface area contributed by atoms with Gasteiger partial charge in [0.15, 0.2) is 0 Å². The molecule has 1 aliphatic carbocycles. The molecule has 0 fully saturated rings. The largest absolute Gasteiger partial charge is 0.386 e. The summed E-state index contributed by atoms with van der Waals surface area (Å²) in [5.41, 5.74) is 17.5. The highest BCUT2D eigenvalue weighted by Crippen LogP contribution is 2.43. The van der Waals surface area contributed by atoms with Crippen molar-refractivity contribution in [3.8, 4) is 0 Å². The number of carbonyl (C=O) groups is 2. The molecule has 0 atom stereocenters. The van der Waals surface area contributed by atoms with E-state index >= 15 is 0 Å². The van der Waals surface area contributed by atoms with Gasteiger partial charge in [0.25, 0.3) is 11.8 Å². The third kappa shape index (κ3) is 4.12. The Hall–Kier alpha value is -3.19. The minimum absolute atomic E-state index is 0.00934. The summed E-state index contributed by atoms with van der Waals surface area (Å²) in [5.74, 6) is 0.233. The van der Waals surface area contributed by atoms with Crippen LogP contribution in [0.5, 0.6) is 0 Å². The zero-order valence-electron chi connectivity index (χ0n) is 19.3. The Morgan fingerprint density at radius 3 is 1.81 bits per heavy atom. The second kappa shape index (κ2) is 9.53. The Labute approximate surface area is 189 Å². The van der Waals surface area contributed by atoms with Crippen molar-refractivity contribution in [3.63, 3.8) is 0 Å². The Morgan fingerprint density at radius 1 is 0.969 bits per heavy atom. The first kappa shape index (κ1) is 23.5. The van der Waals surface area contributed by atoms with E-state index in [-0.39, 0.29) is 17.9 Å². The van der Waals surface area contributed by atoms with E-state index in [1.54, 1.807) is 14.1 Å². The first-order valence-corrected chi connectivity index (χ1v) is 11.0. The maximum absolute atomic E-state index is 12.3. The monoisotopic (exact) mass is 435 g/mol. The van der Waals surface area contributed by atoms with Crippen LogP contribution < -0.4 is 22.1 Å². The highest BCUT2D eigenvalue weighted by molar-refractivity contribution is 5.99. The van der Waals surface area contributed by atoms with Gasteiger partial charge in [0.05, 0.1) is 5.41 Å². The molecule has 0 unspecified atom stereocenters. The molecule has 0 aromatic heterocycles. The molecule has 0 radical (unpaired) electrons. The molecule has 3 rings (SSSR count). The molecule has 1 aliphatic rings. The van der Waals surface area contributed by atoms with E-state index in [0.29, 0.717) is 42.8 Å². The summed E-state index contributed by atoms with van der Waals surface area (Å²) >= 11 is 0. The molecule has 0 spiro atoms. The van der Waals surface area contributed by atoms with Crippen molar-refractivity contribution in [1.29, 1.82) is 0 Å². The number of hydrogen-bond donors (Lipinski definition) is 4.